The summed E-state index contributed by atoms with van der Waals surface area (Å²) in [4.78, 5) is 27.3. The summed E-state index contributed by atoms with van der Waals surface area (Å²) >= 11 is 0. The minimum absolute atomic E-state index is 0.0994. The van der Waals surface area contributed by atoms with Crippen LogP contribution in [0.4, 0.5) is 0 Å². The number of piperidine rings is 1. The van der Waals surface area contributed by atoms with Crippen LogP contribution in [0.25, 0.3) is 0 Å². The summed E-state index contributed by atoms with van der Waals surface area (Å²) in [5.74, 6) is 0.711. The van der Waals surface area contributed by atoms with Gasteiger partial charge in [0.05, 0.1) is 12.7 Å². The number of nitrogens with one attached hydrogen (secondary N) is 2. The summed E-state index contributed by atoms with van der Waals surface area (Å²) in [6, 6.07) is 5.55. The molecule has 2 saturated heterocycles. The molecule has 2 aliphatic heterocycles. The molecule has 1 aromatic carbocycles. The fourth-order valence-corrected chi connectivity index (χ4v) is 4.69. The lowest BCUT2D eigenvalue weighted by Crippen LogP contribution is -2.43. The highest BCUT2D eigenvalue weighted by Gasteiger charge is 2.30. The lowest BCUT2D eigenvalue weighted by atomic mass is 10.0. The van der Waals surface area contributed by atoms with Gasteiger partial charge in [-0.3, -0.25) is 9.59 Å². The van der Waals surface area contributed by atoms with E-state index >= 15 is 0 Å². The summed E-state index contributed by atoms with van der Waals surface area (Å²) in [5, 5.41) is 5.57. The van der Waals surface area contributed by atoms with Crippen LogP contribution in [0.1, 0.15) is 55.3 Å². The lowest BCUT2D eigenvalue weighted by molar-refractivity contribution is -0.120. The highest BCUT2D eigenvalue weighted by atomic mass is 16.5. The first-order valence-corrected chi connectivity index (χ1v) is 10.8. The third kappa shape index (κ3) is 4.66. The minimum atomic E-state index is -0.490. The van der Waals surface area contributed by atoms with Crippen LogP contribution in [0.5, 0.6) is 11.5 Å². The van der Waals surface area contributed by atoms with Crippen LogP contribution in [0.15, 0.2) is 18.2 Å². The van der Waals surface area contributed by atoms with Gasteiger partial charge in [-0.2, -0.15) is 0 Å². The van der Waals surface area contributed by atoms with Crippen molar-refractivity contribution in [1.29, 1.82) is 0 Å². The number of carbonyl (C=O) groups excluding carboxylic acids is 2. The summed E-state index contributed by atoms with van der Waals surface area (Å²) < 4.78 is 11.6. The monoisotopic (exact) mass is 401 g/mol. The molecular weight excluding hydrogens is 370 g/mol. The van der Waals surface area contributed by atoms with Crippen molar-refractivity contribution in [2.45, 2.75) is 63.1 Å². The molecule has 0 bridgehead atoms. The molecule has 2 heterocycles. The van der Waals surface area contributed by atoms with Crippen molar-refractivity contribution in [1.82, 2.24) is 15.5 Å². The Balaban J connectivity index is 1.41. The van der Waals surface area contributed by atoms with Gasteiger partial charge in [0.25, 0.3) is 5.91 Å². The largest absolute Gasteiger partial charge is 0.497 e. The van der Waals surface area contributed by atoms with Crippen LogP contribution in [-0.2, 0) is 4.79 Å². The van der Waals surface area contributed by atoms with E-state index in [1.54, 1.807) is 19.2 Å². The van der Waals surface area contributed by atoms with Gasteiger partial charge in [0.1, 0.15) is 23.6 Å². The first-order chi connectivity index (χ1) is 14.1. The minimum Gasteiger partial charge on any atom is -0.497 e. The lowest BCUT2D eigenvalue weighted by Gasteiger charge is -2.36. The first kappa shape index (κ1) is 20.0. The molecule has 4 rings (SSSR count). The molecule has 1 aliphatic carbocycles. The zero-order valence-electron chi connectivity index (χ0n) is 17.1. The second-order valence-corrected chi connectivity index (χ2v) is 8.26. The van der Waals surface area contributed by atoms with Crippen molar-refractivity contribution >= 4 is 11.8 Å². The van der Waals surface area contributed by atoms with Gasteiger partial charge in [-0.1, -0.05) is 12.8 Å². The van der Waals surface area contributed by atoms with Gasteiger partial charge >= 0.3 is 0 Å². The predicted octanol–water partition coefficient (Wildman–Crippen LogP) is 2.10. The quantitative estimate of drug-likeness (QED) is 0.763. The number of ether oxygens (including phenoxy) is 2. The third-order valence-electron chi connectivity index (χ3n) is 6.40. The molecule has 3 aliphatic rings. The van der Waals surface area contributed by atoms with Crippen LogP contribution >= 0.6 is 0 Å². The van der Waals surface area contributed by atoms with Crippen molar-refractivity contribution < 1.29 is 19.1 Å². The van der Waals surface area contributed by atoms with Gasteiger partial charge in [-0.05, 0) is 50.3 Å². The fraction of sp³-hybridized carbons (Fsp3) is 0.636. The second-order valence-electron chi connectivity index (χ2n) is 8.26. The van der Waals surface area contributed by atoms with E-state index in [0.717, 1.165) is 32.0 Å². The molecule has 0 radical (unpaired) electrons. The van der Waals surface area contributed by atoms with Crippen LogP contribution in [0.3, 0.4) is 0 Å². The highest BCUT2D eigenvalue weighted by Crippen LogP contribution is 2.30. The van der Waals surface area contributed by atoms with E-state index in [1.807, 2.05) is 6.07 Å². The summed E-state index contributed by atoms with van der Waals surface area (Å²) in [7, 11) is 1.57. The van der Waals surface area contributed by atoms with Gasteiger partial charge < -0.3 is 25.0 Å². The summed E-state index contributed by atoms with van der Waals surface area (Å²) in [6.45, 7) is 2.69. The van der Waals surface area contributed by atoms with Crippen LogP contribution < -0.4 is 20.1 Å². The van der Waals surface area contributed by atoms with Gasteiger partial charge in [0, 0.05) is 25.7 Å². The maximum absolute atomic E-state index is 12.9. The normalized spacial score (nSPS) is 23.8. The Morgan fingerprint density at radius 3 is 2.55 bits per heavy atom. The molecule has 29 heavy (non-hydrogen) atoms. The van der Waals surface area contributed by atoms with E-state index in [1.165, 1.54) is 25.7 Å². The zero-order chi connectivity index (χ0) is 20.2. The number of likely N-dealkylation sites (tertiary alicyclic amines) is 1. The van der Waals surface area contributed by atoms with Gasteiger partial charge in [0.15, 0.2) is 0 Å². The number of hydrogen-bond donors (Lipinski definition) is 2. The van der Waals surface area contributed by atoms with E-state index in [9.17, 15) is 9.59 Å². The van der Waals surface area contributed by atoms with Crippen molar-refractivity contribution in [2.75, 3.05) is 26.7 Å². The number of hydrogen-bond acceptors (Lipinski definition) is 5. The molecule has 0 spiro atoms. The maximum atomic E-state index is 12.9. The molecule has 0 aromatic heterocycles. The van der Waals surface area contributed by atoms with Crippen molar-refractivity contribution in [2.24, 2.45) is 0 Å². The maximum Gasteiger partial charge on any atom is 0.255 e. The number of methoxy groups -OCH3 is 1. The second kappa shape index (κ2) is 9.03. The Hall–Kier alpha value is -2.28. The van der Waals surface area contributed by atoms with Crippen LogP contribution in [0.2, 0.25) is 0 Å². The van der Waals surface area contributed by atoms with E-state index in [4.69, 9.17) is 9.47 Å². The van der Waals surface area contributed by atoms with Gasteiger partial charge in [-0.15, -0.1) is 0 Å². The van der Waals surface area contributed by atoms with Gasteiger partial charge in [0.2, 0.25) is 5.91 Å². The standard InChI is InChI=1S/C22H31N3O4/c1-28-17-6-7-20(18(14-17)21(26)24-19-8-11-23-22(19)27)29-16-9-12-25(13-10-16)15-4-2-3-5-15/h6-7,14-16,19H,2-5,8-13H2,1H3,(H,23,27)(H,24,26)/t19-/m0/s1. The molecule has 2 amide bonds. The topological polar surface area (TPSA) is 79.9 Å². The van der Waals surface area contributed by atoms with E-state index in [2.05, 4.69) is 15.5 Å². The summed E-state index contributed by atoms with van der Waals surface area (Å²) in [5.41, 5.74) is 0.419. The molecule has 7 nitrogen and oxygen atoms in total. The number of amides is 2. The van der Waals surface area contributed by atoms with Crippen molar-refractivity contribution in [3.05, 3.63) is 23.8 Å². The smallest absolute Gasteiger partial charge is 0.255 e. The molecule has 3 fully saturated rings. The first-order valence-electron chi connectivity index (χ1n) is 10.8. The van der Waals surface area contributed by atoms with Crippen molar-refractivity contribution in [3.8, 4) is 11.5 Å². The fourth-order valence-electron chi connectivity index (χ4n) is 4.69. The predicted molar refractivity (Wildman–Crippen MR) is 109 cm³/mol. The summed E-state index contributed by atoms with van der Waals surface area (Å²) in [6.07, 6.45) is 7.98. The number of nitrogens with zero attached hydrogens (tertiary/aromatic N) is 1. The molecule has 158 valence electrons. The third-order valence-corrected chi connectivity index (χ3v) is 6.40. The van der Waals surface area contributed by atoms with Crippen LogP contribution in [0, 0.1) is 0 Å². The Labute approximate surface area is 172 Å². The Morgan fingerprint density at radius 1 is 1.14 bits per heavy atom. The zero-order valence-corrected chi connectivity index (χ0v) is 17.1. The Morgan fingerprint density at radius 2 is 1.90 bits per heavy atom. The molecule has 1 saturated carbocycles. The molecule has 2 N–H and O–H groups in total. The Bertz CT molecular complexity index is 740. The molecule has 7 heteroatoms. The number of rotatable bonds is 6. The number of carbonyl (C=O) groups is 2. The Kier molecular flexibility index (Phi) is 6.23. The average molecular weight is 402 g/mol. The molecule has 1 atom stereocenters. The van der Waals surface area contributed by atoms with Crippen molar-refractivity contribution in [3.63, 3.8) is 0 Å². The molecular formula is C22H31N3O4. The van der Waals surface area contributed by atoms with Crippen LogP contribution in [-0.4, -0.2) is 61.6 Å². The average Bonchev–Trinajstić information content (AvgIpc) is 3.41. The van der Waals surface area contributed by atoms with E-state index in [0.29, 0.717) is 30.0 Å². The molecule has 1 aromatic rings. The SMILES string of the molecule is COc1ccc(OC2CCN(C3CCCC3)CC2)c(C(=O)N[C@H]2CCNC2=O)c1. The highest BCUT2D eigenvalue weighted by molar-refractivity contribution is 6.00. The molecule has 0 unspecified atom stereocenters. The van der Waals surface area contributed by atoms with E-state index < -0.39 is 6.04 Å². The number of benzene rings is 1. The van der Waals surface area contributed by atoms with Gasteiger partial charge in [-0.25, -0.2) is 0 Å². The van der Waals surface area contributed by atoms with E-state index in [-0.39, 0.29) is 17.9 Å².